The summed E-state index contributed by atoms with van der Waals surface area (Å²) < 4.78 is 0. The predicted molar refractivity (Wildman–Crippen MR) is 81.9 cm³/mol. The molecule has 0 spiro atoms. The summed E-state index contributed by atoms with van der Waals surface area (Å²) in [5, 5.41) is 11.1. The molecule has 1 heterocycles. The topological polar surface area (TPSA) is 57.6 Å². The number of aliphatic carboxylic acids is 1. The van der Waals surface area contributed by atoms with Crippen molar-refractivity contribution in [3.05, 3.63) is 21.4 Å². The highest BCUT2D eigenvalue weighted by Gasteiger charge is 2.31. The third kappa shape index (κ3) is 2.98. The molecule has 0 atom stereocenters. The fourth-order valence-electron chi connectivity index (χ4n) is 3.56. The van der Waals surface area contributed by atoms with Crippen LogP contribution in [-0.4, -0.2) is 34.5 Å². The van der Waals surface area contributed by atoms with Gasteiger partial charge in [0.05, 0.1) is 5.56 Å². The van der Waals surface area contributed by atoms with E-state index in [0.29, 0.717) is 0 Å². The second-order valence-electron chi connectivity index (χ2n) is 6.02. The molecule has 1 aromatic rings. The van der Waals surface area contributed by atoms with Gasteiger partial charge in [-0.1, -0.05) is 12.8 Å². The molecule has 2 aliphatic rings. The van der Waals surface area contributed by atoms with Gasteiger partial charge in [-0.15, -0.1) is 11.3 Å². The Hall–Kier alpha value is -1.36. The second-order valence-corrected chi connectivity index (χ2v) is 6.99. The summed E-state index contributed by atoms with van der Waals surface area (Å²) in [7, 11) is 0. The number of thiophene rings is 1. The quantitative estimate of drug-likeness (QED) is 0.930. The standard InChI is InChI=1S/C16H21NO3S/c18-15(19)9-17(11-5-1-2-6-11)16(20)13-10-21-14-8-4-3-7-12(13)14/h10-11H,1-9H2,(H,18,19). The van der Waals surface area contributed by atoms with Crippen LogP contribution in [0.1, 0.15) is 59.3 Å². The van der Waals surface area contributed by atoms with Gasteiger partial charge in [0.1, 0.15) is 6.54 Å². The average Bonchev–Trinajstić information content (AvgIpc) is 3.13. The zero-order chi connectivity index (χ0) is 14.8. The van der Waals surface area contributed by atoms with Gasteiger partial charge < -0.3 is 10.0 Å². The molecule has 114 valence electrons. The number of carbonyl (C=O) groups excluding carboxylic acids is 1. The van der Waals surface area contributed by atoms with Crippen molar-refractivity contribution in [3.63, 3.8) is 0 Å². The molecule has 21 heavy (non-hydrogen) atoms. The van der Waals surface area contributed by atoms with E-state index in [9.17, 15) is 9.59 Å². The van der Waals surface area contributed by atoms with Gasteiger partial charge in [0.25, 0.3) is 5.91 Å². The molecule has 2 aliphatic carbocycles. The van der Waals surface area contributed by atoms with Crippen LogP contribution in [0.4, 0.5) is 0 Å². The highest BCUT2D eigenvalue weighted by Crippen LogP contribution is 2.32. The minimum atomic E-state index is -0.917. The first-order valence-corrected chi connectivity index (χ1v) is 8.67. The van der Waals surface area contributed by atoms with Gasteiger partial charge in [-0.3, -0.25) is 9.59 Å². The smallest absolute Gasteiger partial charge is 0.323 e. The van der Waals surface area contributed by atoms with Crippen LogP contribution >= 0.6 is 11.3 Å². The van der Waals surface area contributed by atoms with Gasteiger partial charge in [0.15, 0.2) is 0 Å². The van der Waals surface area contributed by atoms with Crippen molar-refractivity contribution in [2.45, 2.75) is 57.4 Å². The molecule has 0 radical (unpaired) electrons. The molecular weight excluding hydrogens is 286 g/mol. The van der Waals surface area contributed by atoms with E-state index in [2.05, 4.69) is 0 Å². The Morgan fingerprint density at radius 1 is 1.19 bits per heavy atom. The Labute approximate surface area is 128 Å². The number of carboxylic acid groups (broad SMARTS) is 1. The van der Waals surface area contributed by atoms with E-state index in [1.165, 1.54) is 16.9 Å². The fraction of sp³-hybridized carbons (Fsp3) is 0.625. The zero-order valence-electron chi connectivity index (χ0n) is 12.1. The number of carbonyl (C=O) groups is 2. The molecule has 0 unspecified atom stereocenters. The first-order valence-electron chi connectivity index (χ1n) is 7.79. The van der Waals surface area contributed by atoms with Gasteiger partial charge >= 0.3 is 5.97 Å². The molecule has 0 bridgehead atoms. The highest BCUT2D eigenvalue weighted by molar-refractivity contribution is 7.10. The fourth-order valence-corrected chi connectivity index (χ4v) is 4.68. The predicted octanol–water partition coefficient (Wildman–Crippen LogP) is 3.10. The van der Waals surface area contributed by atoms with Crippen LogP contribution in [0.15, 0.2) is 5.38 Å². The van der Waals surface area contributed by atoms with Gasteiger partial charge in [0.2, 0.25) is 0 Å². The van der Waals surface area contributed by atoms with Crippen LogP contribution in [0.5, 0.6) is 0 Å². The molecule has 4 nitrogen and oxygen atoms in total. The molecule has 1 N–H and O–H groups in total. The maximum atomic E-state index is 12.9. The first-order chi connectivity index (χ1) is 10.2. The summed E-state index contributed by atoms with van der Waals surface area (Å²) in [6, 6.07) is 0.104. The normalized spacial score (nSPS) is 18.5. The number of hydrogen-bond acceptors (Lipinski definition) is 3. The lowest BCUT2D eigenvalue weighted by Gasteiger charge is -2.28. The largest absolute Gasteiger partial charge is 0.480 e. The summed E-state index contributed by atoms with van der Waals surface area (Å²) in [6.07, 6.45) is 8.42. The van der Waals surface area contributed by atoms with Crippen LogP contribution in [-0.2, 0) is 17.6 Å². The van der Waals surface area contributed by atoms with E-state index in [4.69, 9.17) is 5.11 Å². The Kier molecular flexibility index (Phi) is 4.29. The summed E-state index contributed by atoms with van der Waals surface area (Å²) in [6.45, 7) is -0.173. The lowest BCUT2D eigenvalue weighted by molar-refractivity contribution is -0.138. The Bertz CT molecular complexity index is 546. The minimum absolute atomic E-state index is 0.0660. The van der Waals surface area contributed by atoms with Crippen molar-refractivity contribution < 1.29 is 14.7 Å². The number of rotatable bonds is 4. The van der Waals surface area contributed by atoms with E-state index >= 15 is 0 Å². The third-order valence-corrected chi connectivity index (χ3v) is 5.71. The number of fused-ring (bicyclic) bond motifs is 1. The molecule has 1 saturated carbocycles. The molecule has 0 aromatic carbocycles. The molecule has 5 heteroatoms. The van der Waals surface area contributed by atoms with E-state index in [1.807, 2.05) is 5.38 Å². The molecular formula is C16H21NO3S. The number of carboxylic acids is 1. The van der Waals surface area contributed by atoms with Gasteiger partial charge in [-0.2, -0.15) is 0 Å². The van der Waals surface area contributed by atoms with Crippen molar-refractivity contribution >= 4 is 23.2 Å². The lowest BCUT2D eigenvalue weighted by Crippen LogP contribution is -2.42. The maximum absolute atomic E-state index is 12.9. The molecule has 0 saturated heterocycles. The van der Waals surface area contributed by atoms with Crippen molar-refractivity contribution in [1.82, 2.24) is 4.90 Å². The van der Waals surface area contributed by atoms with Crippen molar-refractivity contribution in [3.8, 4) is 0 Å². The molecule has 1 amide bonds. The maximum Gasteiger partial charge on any atom is 0.323 e. The Morgan fingerprint density at radius 3 is 2.62 bits per heavy atom. The highest BCUT2D eigenvalue weighted by atomic mass is 32.1. The molecule has 1 aromatic heterocycles. The van der Waals surface area contributed by atoms with Crippen molar-refractivity contribution in [2.75, 3.05) is 6.54 Å². The monoisotopic (exact) mass is 307 g/mol. The molecule has 0 aliphatic heterocycles. The second kappa shape index (κ2) is 6.18. The lowest BCUT2D eigenvalue weighted by atomic mass is 9.95. The van der Waals surface area contributed by atoms with Crippen LogP contribution < -0.4 is 0 Å². The Balaban J connectivity index is 1.86. The van der Waals surface area contributed by atoms with Crippen LogP contribution in [0.3, 0.4) is 0 Å². The van der Waals surface area contributed by atoms with Crippen molar-refractivity contribution in [2.24, 2.45) is 0 Å². The molecule has 3 rings (SSSR count). The number of amides is 1. The summed E-state index contributed by atoms with van der Waals surface area (Å²) in [4.78, 5) is 26.9. The number of aryl methyl sites for hydroxylation is 1. The van der Waals surface area contributed by atoms with Gasteiger partial charge in [-0.25, -0.2) is 0 Å². The summed E-state index contributed by atoms with van der Waals surface area (Å²) in [5.74, 6) is -0.983. The van der Waals surface area contributed by atoms with E-state index in [0.717, 1.165) is 50.5 Å². The van der Waals surface area contributed by atoms with E-state index < -0.39 is 5.97 Å². The summed E-state index contributed by atoms with van der Waals surface area (Å²) >= 11 is 1.66. The van der Waals surface area contributed by atoms with Crippen LogP contribution in [0, 0.1) is 0 Å². The van der Waals surface area contributed by atoms with Gasteiger partial charge in [0, 0.05) is 16.3 Å². The Morgan fingerprint density at radius 2 is 1.90 bits per heavy atom. The van der Waals surface area contributed by atoms with E-state index in [-0.39, 0.29) is 18.5 Å². The zero-order valence-corrected chi connectivity index (χ0v) is 13.0. The summed E-state index contributed by atoms with van der Waals surface area (Å²) in [5.41, 5.74) is 1.95. The first kappa shape index (κ1) is 14.6. The van der Waals surface area contributed by atoms with Crippen LogP contribution in [0.2, 0.25) is 0 Å². The van der Waals surface area contributed by atoms with Crippen molar-refractivity contribution in [1.29, 1.82) is 0 Å². The van der Waals surface area contributed by atoms with Crippen LogP contribution in [0.25, 0.3) is 0 Å². The van der Waals surface area contributed by atoms with E-state index in [1.54, 1.807) is 16.2 Å². The SMILES string of the molecule is O=C(O)CN(C(=O)c1csc2c1CCCC2)C1CCCC1. The number of nitrogens with zero attached hydrogens (tertiary/aromatic N) is 1. The molecule has 1 fully saturated rings. The minimum Gasteiger partial charge on any atom is -0.480 e. The van der Waals surface area contributed by atoms with Gasteiger partial charge in [-0.05, 0) is 44.1 Å². The third-order valence-electron chi connectivity index (χ3n) is 4.62. The average molecular weight is 307 g/mol. The number of hydrogen-bond donors (Lipinski definition) is 1.